The molecule has 0 amide bonds. The monoisotopic (exact) mass is 245 g/mol. The second-order valence-electron chi connectivity index (χ2n) is 3.88. The summed E-state index contributed by atoms with van der Waals surface area (Å²) in [6.07, 6.45) is -3.49. The predicted octanol–water partition coefficient (Wildman–Crippen LogP) is 3.48. The molecule has 0 saturated carbocycles. The second-order valence-corrected chi connectivity index (χ2v) is 3.88. The average molecular weight is 245 g/mol. The van der Waals surface area contributed by atoms with Gasteiger partial charge in [0.15, 0.2) is 5.78 Å². The molecule has 94 valence electrons. The first-order chi connectivity index (χ1) is 7.83. The highest BCUT2D eigenvalue weighted by Crippen LogP contribution is 2.22. The van der Waals surface area contributed by atoms with Crippen LogP contribution in [0.2, 0.25) is 0 Å². The largest absolute Gasteiger partial charge is 0.389 e. The lowest BCUT2D eigenvalue weighted by molar-refractivity contribution is -0.134. The van der Waals surface area contributed by atoms with Crippen molar-refractivity contribution in [3.8, 4) is 0 Å². The van der Waals surface area contributed by atoms with Crippen molar-refractivity contribution in [1.29, 1.82) is 0 Å². The third-order valence-electron chi connectivity index (χ3n) is 2.48. The Labute approximate surface area is 97.9 Å². The van der Waals surface area contributed by atoms with E-state index in [0.717, 1.165) is 0 Å². The zero-order valence-corrected chi connectivity index (χ0v) is 9.77. The molecule has 0 bridgehead atoms. The topological polar surface area (TPSA) is 30.0 Å². The lowest BCUT2D eigenvalue weighted by Gasteiger charge is -2.08. The molecule has 17 heavy (non-hydrogen) atoms. The van der Waals surface area contributed by atoms with E-state index in [9.17, 15) is 18.0 Å². The van der Waals surface area contributed by atoms with E-state index in [1.54, 1.807) is 19.9 Å². The number of Topliss-reactive ketones (excluding diaryl/α,β-unsaturated/α-hetero) is 1. The van der Waals surface area contributed by atoms with Crippen molar-refractivity contribution in [2.45, 2.75) is 39.3 Å². The van der Waals surface area contributed by atoms with Crippen LogP contribution >= 0.6 is 0 Å². The Kier molecular flexibility index (Phi) is 4.26. The fourth-order valence-corrected chi connectivity index (χ4v) is 1.48. The van der Waals surface area contributed by atoms with E-state index in [4.69, 9.17) is 0 Å². The first-order valence-electron chi connectivity index (χ1n) is 5.39. The molecule has 0 aliphatic carbocycles. The molecular formula is C12H14F3NO. The minimum absolute atomic E-state index is 0.0528. The van der Waals surface area contributed by atoms with Crippen LogP contribution in [0, 0.1) is 6.92 Å². The molecule has 0 fully saturated rings. The van der Waals surface area contributed by atoms with E-state index in [0.29, 0.717) is 23.2 Å². The van der Waals surface area contributed by atoms with Crippen molar-refractivity contribution in [1.82, 2.24) is 4.98 Å². The van der Waals surface area contributed by atoms with Gasteiger partial charge in [0.25, 0.3) is 0 Å². The third kappa shape index (κ3) is 4.17. The molecule has 5 heteroatoms. The van der Waals surface area contributed by atoms with Gasteiger partial charge in [0.05, 0.1) is 0 Å². The molecule has 0 atom stereocenters. The van der Waals surface area contributed by atoms with Crippen molar-refractivity contribution < 1.29 is 18.0 Å². The number of aromatic nitrogens is 1. The molecule has 0 spiro atoms. The molecule has 1 rings (SSSR count). The molecular weight excluding hydrogens is 231 g/mol. The quantitative estimate of drug-likeness (QED) is 0.760. The van der Waals surface area contributed by atoms with Crippen molar-refractivity contribution in [2.24, 2.45) is 0 Å². The fourth-order valence-electron chi connectivity index (χ4n) is 1.48. The van der Waals surface area contributed by atoms with Crippen LogP contribution in [0.3, 0.4) is 0 Å². The summed E-state index contributed by atoms with van der Waals surface area (Å²) in [5.74, 6) is -0.0528. The van der Waals surface area contributed by atoms with Gasteiger partial charge in [0.1, 0.15) is 0 Å². The van der Waals surface area contributed by atoms with Gasteiger partial charge in [-0.2, -0.15) is 13.2 Å². The Morgan fingerprint density at radius 3 is 2.53 bits per heavy atom. The second kappa shape index (κ2) is 5.29. The molecule has 0 aliphatic rings. The van der Waals surface area contributed by atoms with Crippen LogP contribution in [0.25, 0.3) is 0 Å². The van der Waals surface area contributed by atoms with Crippen LogP contribution in [0.15, 0.2) is 12.3 Å². The summed E-state index contributed by atoms with van der Waals surface area (Å²) in [6, 6.07) is 1.60. The van der Waals surface area contributed by atoms with Crippen LogP contribution in [0.4, 0.5) is 13.2 Å². The molecule has 1 aromatic rings. The highest BCUT2D eigenvalue weighted by molar-refractivity contribution is 5.95. The van der Waals surface area contributed by atoms with E-state index < -0.39 is 12.6 Å². The van der Waals surface area contributed by atoms with E-state index >= 15 is 0 Å². The number of rotatable bonds is 4. The van der Waals surface area contributed by atoms with Gasteiger partial charge in [0, 0.05) is 30.3 Å². The molecule has 2 nitrogen and oxygen atoms in total. The lowest BCUT2D eigenvalue weighted by atomic mass is 10.1. The molecule has 0 aromatic carbocycles. The van der Waals surface area contributed by atoms with Crippen LogP contribution in [0.5, 0.6) is 0 Å². The first-order valence-corrected chi connectivity index (χ1v) is 5.39. The average Bonchev–Trinajstić information content (AvgIpc) is 2.25. The molecule has 0 unspecified atom stereocenters. The lowest BCUT2D eigenvalue weighted by Crippen LogP contribution is -2.10. The zero-order chi connectivity index (χ0) is 13.1. The predicted molar refractivity (Wildman–Crippen MR) is 58.0 cm³/mol. The number of nitrogens with zero attached hydrogens (tertiary/aromatic N) is 1. The zero-order valence-electron chi connectivity index (χ0n) is 9.77. The van der Waals surface area contributed by atoms with Gasteiger partial charge in [0.2, 0.25) is 0 Å². The minimum Gasteiger partial charge on any atom is -0.294 e. The molecule has 1 aromatic heterocycles. The third-order valence-corrected chi connectivity index (χ3v) is 2.48. The van der Waals surface area contributed by atoms with Crippen molar-refractivity contribution in [3.63, 3.8) is 0 Å². The highest BCUT2D eigenvalue weighted by atomic mass is 19.4. The summed E-state index contributed by atoms with van der Waals surface area (Å²) in [4.78, 5) is 15.3. The number of pyridine rings is 1. The van der Waals surface area contributed by atoms with Crippen LogP contribution in [-0.2, 0) is 6.42 Å². The van der Waals surface area contributed by atoms with Crippen LogP contribution < -0.4 is 0 Å². The number of ketones is 1. The van der Waals surface area contributed by atoms with Gasteiger partial charge in [-0.25, -0.2) is 0 Å². The minimum atomic E-state index is -4.17. The summed E-state index contributed by atoms with van der Waals surface area (Å²) in [7, 11) is 0. The number of halogens is 3. The first kappa shape index (κ1) is 13.7. The standard InChI is InChI=1S/C12H14F3NO/c1-3-11(17)9-6-8(2)10(16-7-9)4-5-12(13,14)15/h6-7H,3-5H2,1-2H3. The summed E-state index contributed by atoms with van der Waals surface area (Å²) < 4.78 is 36.2. The molecule has 0 aliphatic heterocycles. The van der Waals surface area contributed by atoms with Crippen molar-refractivity contribution >= 4 is 5.78 Å². The Morgan fingerprint density at radius 2 is 2.06 bits per heavy atom. The normalized spacial score (nSPS) is 11.6. The van der Waals surface area contributed by atoms with E-state index in [1.807, 2.05) is 0 Å². The smallest absolute Gasteiger partial charge is 0.294 e. The van der Waals surface area contributed by atoms with E-state index in [2.05, 4.69) is 4.98 Å². The SMILES string of the molecule is CCC(=O)c1cnc(CCC(F)(F)F)c(C)c1. The van der Waals surface area contributed by atoms with Gasteiger partial charge >= 0.3 is 6.18 Å². The molecule has 0 radical (unpaired) electrons. The van der Waals surface area contributed by atoms with E-state index in [-0.39, 0.29) is 12.2 Å². The summed E-state index contributed by atoms with van der Waals surface area (Å²) in [6.45, 7) is 3.40. The number of alkyl halides is 3. The Balaban J connectivity index is 2.80. The summed E-state index contributed by atoms with van der Waals surface area (Å²) >= 11 is 0. The van der Waals surface area contributed by atoms with Crippen LogP contribution in [-0.4, -0.2) is 16.9 Å². The molecule has 0 saturated heterocycles. The highest BCUT2D eigenvalue weighted by Gasteiger charge is 2.27. The van der Waals surface area contributed by atoms with Gasteiger partial charge < -0.3 is 0 Å². The summed E-state index contributed by atoms with van der Waals surface area (Å²) in [5.41, 5.74) is 1.49. The maximum absolute atomic E-state index is 12.1. The van der Waals surface area contributed by atoms with Crippen LogP contribution in [0.1, 0.15) is 41.4 Å². The van der Waals surface area contributed by atoms with E-state index in [1.165, 1.54) is 6.20 Å². The van der Waals surface area contributed by atoms with Crippen molar-refractivity contribution in [3.05, 3.63) is 29.1 Å². The number of carbonyl (C=O) groups is 1. The van der Waals surface area contributed by atoms with Crippen molar-refractivity contribution in [2.75, 3.05) is 0 Å². The molecule has 1 heterocycles. The fraction of sp³-hybridized carbons (Fsp3) is 0.500. The maximum Gasteiger partial charge on any atom is 0.389 e. The maximum atomic E-state index is 12.1. The van der Waals surface area contributed by atoms with Gasteiger partial charge in [-0.3, -0.25) is 9.78 Å². The number of hydrogen-bond acceptors (Lipinski definition) is 2. The number of carbonyl (C=O) groups excluding carboxylic acids is 1. The summed E-state index contributed by atoms with van der Waals surface area (Å²) in [5, 5.41) is 0. The van der Waals surface area contributed by atoms with Gasteiger partial charge in [-0.15, -0.1) is 0 Å². The Hall–Kier alpha value is -1.39. The van der Waals surface area contributed by atoms with Gasteiger partial charge in [-0.1, -0.05) is 6.92 Å². The molecule has 0 N–H and O–H groups in total. The number of hydrogen-bond donors (Lipinski definition) is 0. The Morgan fingerprint density at radius 1 is 1.41 bits per heavy atom. The number of aryl methyl sites for hydroxylation is 2. The Bertz CT molecular complexity index is 413. The van der Waals surface area contributed by atoms with Gasteiger partial charge in [-0.05, 0) is 25.0 Å².